The molecule has 0 fully saturated rings. The van der Waals surface area contributed by atoms with E-state index in [0.29, 0.717) is 0 Å². The minimum absolute atomic E-state index is 0.144. The maximum Gasteiger partial charge on any atom is 0.338 e. The van der Waals surface area contributed by atoms with Gasteiger partial charge in [-0.3, -0.25) is 10.1 Å². The quantitative estimate of drug-likeness (QED) is 0.199. The lowest BCUT2D eigenvalue weighted by molar-refractivity contribution is -0.384. The Bertz CT molecular complexity index is 508. The number of hydrogen-bond acceptors (Lipinski definition) is 5. The van der Waals surface area contributed by atoms with E-state index in [9.17, 15) is 14.9 Å². The molecule has 0 saturated heterocycles. The molecule has 0 saturated carbocycles. The highest BCUT2D eigenvalue weighted by Crippen LogP contribution is 2.19. The molecular formula is C9H8N4O4. The normalized spacial score (nSPS) is 9.24. The fourth-order valence-corrected chi connectivity index (χ4v) is 1.24. The second kappa shape index (κ2) is 5.47. The van der Waals surface area contributed by atoms with Gasteiger partial charge in [0.2, 0.25) is 0 Å². The minimum Gasteiger partial charge on any atom is -0.465 e. The van der Waals surface area contributed by atoms with Crippen LogP contribution in [0.1, 0.15) is 15.9 Å². The second-order valence-corrected chi connectivity index (χ2v) is 2.98. The van der Waals surface area contributed by atoms with Gasteiger partial charge in [-0.05, 0) is 17.2 Å². The van der Waals surface area contributed by atoms with E-state index in [2.05, 4.69) is 14.8 Å². The molecule has 88 valence electrons. The topological polar surface area (TPSA) is 118 Å². The first kappa shape index (κ1) is 12.5. The highest BCUT2D eigenvalue weighted by molar-refractivity contribution is 5.91. The van der Waals surface area contributed by atoms with Crippen LogP contribution in [0.15, 0.2) is 23.3 Å². The molecule has 8 nitrogen and oxygen atoms in total. The van der Waals surface area contributed by atoms with Crippen molar-refractivity contribution in [2.45, 2.75) is 6.54 Å². The number of benzene rings is 1. The van der Waals surface area contributed by atoms with Gasteiger partial charge in [-0.25, -0.2) is 4.79 Å². The highest BCUT2D eigenvalue weighted by Gasteiger charge is 2.15. The summed E-state index contributed by atoms with van der Waals surface area (Å²) in [4.78, 5) is 23.9. The zero-order valence-electron chi connectivity index (χ0n) is 8.86. The average Bonchev–Trinajstić information content (AvgIpc) is 2.34. The molecule has 0 aliphatic rings. The zero-order valence-corrected chi connectivity index (χ0v) is 8.86. The van der Waals surface area contributed by atoms with Crippen LogP contribution in [0.25, 0.3) is 10.4 Å². The molecular weight excluding hydrogens is 228 g/mol. The van der Waals surface area contributed by atoms with Crippen LogP contribution in [-0.4, -0.2) is 18.0 Å². The molecule has 0 heterocycles. The highest BCUT2D eigenvalue weighted by atomic mass is 16.6. The molecule has 1 aromatic rings. The molecule has 0 atom stereocenters. The number of nitro benzene ring substituents is 1. The summed E-state index contributed by atoms with van der Waals surface area (Å²) >= 11 is 0. The van der Waals surface area contributed by atoms with Crippen LogP contribution in [0.3, 0.4) is 0 Å². The third-order valence-corrected chi connectivity index (χ3v) is 2.01. The van der Waals surface area contributed by atoms with Crippen molar-refractivity contribution in [3.05, 3.63) is 49.9 Å². The predicted octanol–water partition coefficient (Wildman–Crippen LogP) is 2.19. The number of esters is 1. The van der Waals surface area contributed by atoms with Crippen molar-refractivity contribution in [3.63, 3.8) is 0 Å². The third-order valence-electron chi connectivity index (χ3n) is 2.01. The molecule has 17 heavy (non-hydrogen) atoms. The largest absolute Gasteiger partial charge is 0.465 e. The van der Waals surface area contributed by atoms with Crippen LogP contribution in [0, 0.1) is 10.1 Å². The number of non-ortho nitro benzene ring substituents is 1. The van der Waals surface area contributed by atoms with Crippen molar-refractivity contribution >= 4 is 11.7 Å². The summed E-state index contributed by atoms with van der Waals surface area (Å²) in [6.45, 7) is -0.150. The first-order valence-corrected chi connectivity index (χ1v) is 4.46. The molecule has 0 radical (unpaired) electrons. The van der Waals surface area contributed by atoms with Gasteiger partial charge < -0.3 is 4.74 Å². The Morgan fingerprint density at radius 2 is 2.35 bits per heavy atom. The van der Waals surface area contributed by atoms with Crippen molar-refractivity contribution in [3.8, 4) is 0 Å². The molecule has 0 unspecified atom stereocenters. The van der Waals surface area contributed by atoms with Crippen LogP contribution >= 0.6 is 0 Å². The minimum atomic E-state index is -0.636. The van der Waals surface area contributed by atoms with Gasteiger partial charge in [0, 0.05) is 17.0 Å². The Labute approximate surface area is 95.6 Å². The number of carbonyl (C=O) groups is 1. The number of nitrogens with zero attached hydrogens (tertiary/aromatic N) is 4. The van der Waals surface area contributed by atoms with Gasteiger partial charge in [-0.15, -0.1) is 0 Å². The standard InChI is InChI=1S/C9H8N4O4/c1-17-9(14)8-3-2-7(13(15)16)4-6(8)5-11-12-10/h2-4H,5H2,1H3. The lowest BCUT2D eigenvalue weighted by Gasteiger charge is -2.04. The SMILES string of the molecule is COC(=O)c1ccc([N+](=O)[O-])cc1CN=[N+]=[N-]. The van der Waals surface area contributed by atoms with E-state index in [-0.39, 0.29) is 23.4 Å². The number of nitro groups is 1. The molecule has 0 bridgehead atoms. The van der Waals surface area contributed by atoms with E-state index in [1.807, 2.05) is 0 Å². The number of ether oxygens (including phenoxy) is 1. The Balaban J connectivity index is 3.25. The third kappa shape index (κ3) is 2.93. The number of azide groups is 1. The van der Waals surface area contributed by atoms with Gasteiger partial charge in [0.15, 0.2) is 0 Å². The van der Waals surface area contributed by atoms with E-state index in [1.54, 1.807) is 0 Å². The zero-order chi connectivity index (χ0) is 12.8. The number of rotatable bonds is 4. The van der Waals surface area contributed by atoms with E-state index in [4.69, 9.17) is 5.53 Å². The molecule has 0 aliphatic carbocycles. The summed E-state index contributed by atoms with van der Waals surface area (Å²) < 4.78 is 4.51. The van der Waals surface area contributed by atoms with Crippen LogP contribution < -0.4 is 0 Å². The smallest absolute Gasteiger partial charge is 0.338 e. The monoisotopic (exact) mass is 236 g/mol. The van der Waals surface area contributed by atoms with E-state index >= 15 is 0 Å². The van der Waals surface area contributed by atoms with Crippen molar-refractivity contribution in [2.24, 2.45) is 5.11 Å². The summed E-state index contributed by atoms with van der Waals surface area (Å²) in [5.41, 5.74) is 8.42. The lowest BCUT2D eigenvalue weighted by Crippen LogP contribution is -2.06. The number of carbonyl (C=O) groups excluding carboxylic acids is 1. The Morgan fingerprint density at radius 1 is 1.65 bits per heavy atom. The summed E-state index contributed by atoms with van der Waals surface area (Å²) in [6.07, 6.45) is 0. The second-order valence-electron chi connectivity index (χ2n) is 2.98. The van der Waals surface area contributed by atoms with E-state index in [0.717, 1.165) is 0 Å². The van der Waals surface area contributed by atoms with Gasteiger partial charge in [-0.1, -0.05) is 5.11 Å². The first-order valence-electron chi connectivity index (χ1n) is 4.46. The molecule has 1 aromatic carbocycles. The lowest BCUT2D eigenvalue weighted by atomic mass is 10.1. The van der Waals surface area contributed by atoms with Crippen molar-refractivity contribution < 1.29 is 14.5 Å². The van der Waals surface area contributed by atoms with Gasteiger partial charge in [-0.2, -0.15) is 0 Å². The first-order chi connectivity index (χ1) is 8.10. The van der Waals surface area contributed by atoms with Gasteiger partial charge in [0.05, 0.1) is 24.1 Å². The van der Waals surface area contributed by atoms with E-state index < -0.39 is 10.9 Å². The van der Waals surface area contributed by atoms with Gasteiger partial charge in [0.25, 0.3) is 5.69 Å². The van der Waals surface area contributed by atoms with Gasteiger partial charge >= 0.3 is 5.97 Å². The van der Waals surface area contributed by atoms with Gasteiger partial charge in [0.1, 0.15) is 0 Å². The summed E-state index contributed by atoms with van der Waals surface area (Å²) in [5, 5.41) is 13.8. The molecule has 0 N–H and O–H groups in total. The average molecular weight is 236 g/mol. The van der Waals surface area contributed by atoms with Crippen LogP contribution in [0.5, 0.6) is 0 Å². The Hall–Kier alpha value is -2.60. The fourth-order valence-electron chi connectivity index (χ4n) is 1.24. The maximum atomic E-state index is 11.4. The summed E-state index contributed by atoms with van der Waals surface area (Å²) in [6, 6.07) is 3.64. The van der Waals surface area contributed by atoms with Crippen molar-refractivity contribution in [1.82, 2.24) is 0 Å². The van der Waals surface area contributed by atoms with Crippen LogP contribution in [-0.2, 0) is 11.3 Å². The van der Waals surface area contributed by atoms with E-state index in [1.165, 1.54) is 25.3 Å². The predicted molar refractivity (Wildman–Crippen MR) is 57.3 cm³/mol. The molecule has 1 rings (SSSR count). The Kier molecular flexibility index (Phi) is 4.02. The maximum absolute atomic E-state index is 11.4. The molecule has 8 heteroatoms. The van der Waals surface area contributed by atoms with Crippen LogP contribution in [0.4, 0.5) is 5.69 Å². The van der Waals surface area contributed by atoms with Crippen molar-refractivity contribution in [1.29, 1.82) is 0 Å². The van der Waals surface area contributed by atoms with Crippen molar-refractivity contribution in [2.75, 3.05) is 7.11 Å². The fraction of sp³-hybridized carbons (Fsp3) is 0.222. The summed E-state index contributed by atoms with van der Waals surface area (Å²) in [7, 11) is 1.20. The van der Waals surface area contributed by atoms with Crippen LogP contribution in [0.2, 0.25) is 0 Å². The molecule has 0 amide bonds. The summed E-state index contributed by atoms with van der Waals surface area (Å²) in [5.74, 6) is -0.636. The molecule has 0 aromatic heterocycles. The molecule has 0 aliphatic heterocycles. The number of hydrogen-bond donors (Lipinski definition) is 0. The Morgan fingerprint density at radius 3 is 2.88 bits per heavy atom. The number of methoxy groups -OCH3 is 1. The molecule has 0 spiro atoms.